The number of ether oxygens (including phenoxy) is 2. The SMILES string of the molecule is CCOc1cc2c(cc1CNC(=O)c1ccc(NC(=O)CSc3nnnn3C)cc1)O[C@H](C)C2. The average molecular weight is 483 g/mol. The molecule has 178 valence electrons. The maximum atomic E-state index is 12.7. The summed E-state index contributed by atoms with van der Waals surface area (Å²) in [5.74, 6) is 1.35. The van der Waals surface area contributed by atoms with E-state index in [0.29, 0.717) is 29.6 Å². The Morgan fingerprint density at radius 1 is 1.26 bits per heavy atom. The van der Waals surface area contributed by atoms with E-state index in [1.165, 1.54) is 16.4 Å². The predicted octanol–water partition coefficient (Wildman–Crippen LogP) is 2.59. The van der Waals surface area contributed by atoms with Gasteiger partial charge >= 0.3 is 0 Å². The van der Waals surface area contributed by atoms with Crippen LogP contribution < -0.4 is 20.1 Å². The number of fused-ring (bicyclic) bond motifs is 1. The highest BCUT2D eigenvalue weighted by Gasteiger charge is 2.22. The summed E-state index contributed by atoms with van der Waals surface area (Å²) in [6.45, 7) is 4.81. The fraction of sp³-hybridized carbons (Fsp3) is 0.348. The third-order valence-electron chi connectivity index (χ3n) is 5.16. The van der Waals surface area contributed by atoms with Crippen molar-refractivity contribution in [3.8, 4) is 11.5 Å². The number of carbonyl (C=O) groups excluding carboxylic acids is 2. The lowest BCUT2D eigenvalue weighted by Gasteiger charge is -2.13. The molecule has 2 aromatic carbocycles. The molecule has 10 nitrogen and oxygen atoms in total. The Morgan fingerprint density at radius 2 is 2.06 bits per heavy atom. The van der Waals surface area contributed by atoms with Gasteiger partial charge in [0.25, 0.3) is 5.91 Å². The van der Waals surface area contributed by atoms with Crippen LogP contribution in [0.5, 0.6) is 11.5 Å². The highest BCUT2D eigenvalue weighted by atomic mass is 32.2. The summed E-state index contributed by atoms with van der Waals surface area (Å²) in [5.41, 5.74) is 3.07. The third-order valence-corrected chi connectivity index (χ3v) is 6.17. The molecule has 1 atom stereocenters. The van der Waals surface area contributed by atoms with Gasteiger partial charge in [-0.15, -0.1) is 5.10 Å². The molecule has 1 aliphatic heterocycles. The van der Waals surface area contributed by atoms with Gasteiger partial charge in [-0.3, -0.25) is 9.59 Å². The number of benzene rings is 2. The van der Waals surface area contributed by atoms with Crippen LogP contribution in [0, 0.1) is 0 Å². The molecule has 0 aliphatic carbocycles. The zero-order chi connectivity index (χ0) is 24.1. The molecule has 0 spiro atoms. The number of hydrogen-bond acceptors (Lipinski definition) is 8. The van der Waals surface area contributed by atoms with Gasteiger partial charge in [-0.05, 0) is 60.7 Å². The van der Waals surface area contributed by atoms with Gasteiger partial charge in [-0.2, -0.15) is 0 Å². The molecule has 3 aromatic rings. The highest BCUT2D eigenvalue weighted by Crippen LogP contribution is 2.35. The Hall–Kier alpha value is -3.60. The lowest BCUT2D eigenvalue weighted by molar-refractivity contribution is -0.113. The van der Waals surface area contributed by atoms with Crippen molar-refractivity contribution in [3.05, 3.63) is 53.1 Å². The normalized spacial score (nSPS) is 14.3. The van der Waals surface area contributed by atoms with Crippen molar-refractivity contribution in [2.75, 3.05) is 17.7 Å². The summed E-state index contributed by atoms with van der Waals surface area (Å²) < 4.78 is 13.1. The van der Waals surface area contributed by atoms with Crippen molar-refractivity contribution >= 4 is 29.3 Å². The van der Waals surface area contributed by atoms with Crippen LogP contribution in [0.2, 0.25) is 0 Å². The number of rotatable bonds is 9. The molecule has 0 saturated carbocycles. The molecule has 4 rings (SSSR count). The Labute approximate surface area is 201 Å². The lowest BCUT2D eigenvalue weighted by atomic mass is 10.1. The molecular formula is C23H26N6O4S. The minimum atomic E-state index is -0.222. The van der Waals surface area contributed by atoms with E-state index in [-0.39, 0.29) is 23.7 Å². The molecule has 1 aromatic heterocycles. The Morgan fingerprint density at radius 3 is 2.76 bits per heavy atom. The van der Waals surface area contributed by atoms with Crippen LogP contribution >= 0.6 is 11.8 Å². The predicted molar refractivity (Wildman–Crippen MR) is 127 cm³/mol. The second-order valence-electron chi connectivity index (χ2n) is 7.82. The first-order valence-electron chi connectivity index (χ1n) is 10.9. The molecule has 2 heterocycles. The molecule has 0 fully saturated rings. The smallest absolute Gasteiger partial charge is 0.251 e. The van der Waals surface area contributed by atoms with Gasteiger partial charge in [0.05, 0.1) is 12.4 Å². The van der Waals surface area contributed by atoms with E-state index >= 15 is 0 Å². The first-order chi connectivity index (χ1) is 16.4. The van der Waals surface area contributed by atoms with Crippen LogP contribution in [-0.4, -0.2) is 50.5 Å². The van der Waals surface area contributed by atoms with Gasteiger partial charge in [0.15, 0.2) is 0 Å². The topological polar surface area (TPSA) is 120 Å². The number of aryl methyl sites for hydroxylation is 1. The summed E-state index contributed by atoms with van der Waals surface area (Å²) >= 11 is 1.24. The van der Waals surface area contributed by atoms with Gasteiger partial charge < -0.3 is 20.1 Å². The van der Waals surface area contributed by atoms with Gasteiger partial charge in [-0.25, -0.2) is 4.68 Å². The van der Waals surface area contributed by atoms with Crippen LogP contribution in [0.3, 0.4) is 0 Å². The fourth-order valence-electron chi connectivity index (χ4n) is 3.56. The first-order valence-corrected chi connectivity index (χ1v) is 11.9. The summed E-state index contributed by atoms with van der Waals surface area (Å²) in [6, 6.07) is 10.7. The average Bonchev–Trinajstić information content (AvgIpc) is 3.40. The number of carbonyl (C=O) groups is 2. The molecule has 2 amide bonds. The van der Waals surface area contributed by atoms with Gasteiger partial charge in [0, 0.05) is 42.4 Å². The molecule has 0 saturated heterocycles. The standard InChI is InChI=1S/C23H26N6O4S/c1-4-32-19-10-16-9-14(2)33-20(16)11-17(19)12-24-22(31)15-5-7-18(8-6-15)25-21(30)13-34-23-26-27-28-29(23)3/h5-8,10-11,14H,4,9,12-13H2,1-3H3,(H,24,31)(H,25,30)/t14-/m1/s1. The van der Waals surface area contributed by atoms with Crippen molar-refractivity contribution in [2.24, 2.45) is 7.05 Å². The molecule has 0 radical (unpaired) electrons. The van der Waals surface area contributed by atoms with Crippen molar-refractivity contribution < 1.29 is 19.1 Å². The first kappa shape index (κ1) is 23.6. The molecule has 1 aliphatic rings. The molecule has 0 unspecified atom stereocenters. The van der Waals surface area contributed by atoms with E-state index in [0.717, 1.165) is 29.0 Å². The number of nitrogens with zero attached hydrogens (tertiary/aromatic N) is 4. The molecule has 34 heavy (non-hydrogen) atoms. The Balaban J connectivity index is 1.32. The van der Waals surface area contributed by atoms with E-state index in [9.17, 15) is 9.59 Å². The van der Waals surface area contributed by atoms with Gasteiger partial charge in [0.2, 0.25) is 11.1 Å². The van der Waals surface area contributed by atoms with Crippen LogP contribution in [0.25, 0.3) is 0 Å². The zero-order valence-electron chi connectivity index (χ0n) is 19.2. The molecule has 11 heteroatoms. The van der Waals surface area contributed by atoms with E-state index in [1.54, 1.807) is 31.3 Å². The van der Waals surface area contributed by atoms with Crippen molar-refractivity contribution in [1.29, 1.82) is 0 Å². The number of nitrogens with one attached hydrogen (secondary N) is 2. The third kappa shape index (κ3) is 5.66. The largest absolute Gasteiger partial charge is 0.494 e. The summed E-state index contributed by atoms with van der Waals surface area (Å²) in [6.07, 6.45) is 0.983. The van der Waals surface area contributed by atoms with Crippen molar-refractivity contribution in [3.63, 3.8) is 0 Å². The summed E-state index contributed by atoms with van der Waals surface area (Å²) in [7, 11) is 1.71. The van der Waals surface area contributed by atoms with Crippen molar-refractivity contribution in [2.45, 2.75) is 38.1 Å². The molecular weight excluding hydrogens is 456 g/mol. The van der Waals surface area contributed by atoms with Crippen molar-refractivity contribution in [1.82, 2.24) is 25.5 Å². The number of thioether (sulfide) groups is 1. The Kier molecular flexibility index (Phi) is 7.31. The Bertz CT molecular complexity index is 1180. The highest BCUT2D eigenvalue weighted by molar-refractivity contribution is 7.99. The maximum Gasteiger partial charge on any atom is 0.251 e. The second-order valence-corrected chi connectivity index (χ2v) is 8.76. The quantitative estimate of drug-likeness (QED) is 0.447. The second kappa shape index (κ2) is 10.6. The number of amides is 2. The maximum absolute atomic E-state index is 12.7. The number of aromatic nitrogens is 4. The van der Waals surface area contributed by atoms with E-state index < -0.39 is 0 Å². The minimum Gasteiger partial charge on any atom is -0.494 e. The van der Waals surface area contributed by atoms with E-state index in [1.807, 2.05) is 26.0 Å². The minimum absolute atomic E-state index is 0.135. The number of hydrogen-bond donors (Lipinski definition) is 2. The number of anilines is 1. The molecule has 0 bridgehead atoms. The number of tetrazole rings is 1. The van der Waals surface area contributed by atoms with E-state index in [4.69, 9.17) is 9.47 Å². The van der Waals surface area contributed by atoms with Crippen LogP contribution in [0.15, 0.2) is 41.6 Å². The molecule has 2 N–H and O–H groups in total. The van der Waals surface area contributed by atoms with Gasteiger partial charge in [0.1, 0.15) is 17.6 Å². The fourth-order valence-corrected chi connectivity index (χ4v) is 4.21. The van der Waals surface area contributed by atoms with E-state index in [2.05, 4.69) is 26.2 Å². The summed E-state index contributed by atoms with van der Waals surface area (Å²) in [5, 5.41) is 17.4. The lowest BCUT2D eigenvalue weighted by Crippen LogP contribution is -2.23. The monoisotopic (exact) mass is 482 g/mol. The van der Waals surface area contributed by atoms with Gasteiger partial charge in [-0.1, -0.05) is 11.8 Å². The zero-order valence-corrected chi connectivity index (χ0v) is 20.0. The van der Waals surface area contributed by atoms with Crippen LogP contribution in [0.4, 0.5) is 5.69 Å². The van der Waals surface area contributed by atoms with Crippen LogP contribution in [-0.2, 0) is 24.8 Å². The van der Waals surface area contributed by atoms with Crippen LogP contribution in [0.1, 0.15) is 35.3 Å². The summed E-state index contributed by atoms with van der Waals surface area (Å²) in [4.78, 5) is 24.8.